The highest BCUT2D eigenvalue weighted by Crippen LogP contribution is 2.16. The summed E-state index contributed by atoms with van der Waals surface area (Å²) in [5.74, 6) is 0. The average molecular weight is 259 g/mol. The highest BCUT2D eigenvalue weighted by Gasteiger charge is 2.05. The van der Waals surface area contributed by atoms with Crippen LogP contribution < -0.4 is 5.32 Å². The molecule has 1 atom stereocenters. The van der Waals surface area contributed by atoms with Gasteiger partial charge in [0.05, 0.1) is 12.3 Å². The summed E-state index contributed by atoms with van der Waals surface area (Å²) in [5.41, 5.74) is 3.48. The molecule has 2 aromatic rings. The molecular formula is C15H21N3O. The molecule has 4 heteroatoms. The van der Waals surface area contributed by atoms with Crippen LogP contribution in [0.3, 0.4) is 0 Å². The Morgan fingerprint density at radius 3 is 2.63 bits per heavy atom. The van der Waals surface area contributed by atoms with Crippen molar-refractivity contribution in [3.63, 3.8) is 0 Å². The number of aromatic amines is 1. The molecule has 2 N–H and O–H groups in total. The van der Waals surface area contributed by atoms with Gasteiger partial charge in [0.1, 0.15) is 0 Å². The lowest BCUT2D eigenvalue weighted by Gasteiger charge is -2.15. The van der Waals surface area contributed by atoms with Crippen LogP contribution in [0.4, 0.5) is 0 Å². The van der Waals surface area contributed by atoms with Crippen molar-refractivity contribution < 1.29 is 4.74 Å². The zero-order valence-corrected chi connectivity index (χ0v) is 11.5. The van der Waals surface area contributed by atoms with Gasteiger partial charge in [-0.2, -0.15) is 5.10 Å². The van der Waals surface area contributed by atoms with E-state index < -0.39 is 0 Å². The molecule has 0 amide bonds. The molecule has 0 radical (unpaired) electrons. The summed E-state index contributed by atoms with van der Waals surface area (Å²) >= 11 is 0. The summed E-state index contributed by atoms with van der Waals surface area (Å²) in [5, 5.41) is 10.4. The molecule has 19 heavy (non-hydrogen) atoms. The van der Waals surface area contributed by atoms with Gasteiger partial charge in [-0.25, -0.2) is 0 Å². The molecule has 102 valence electrons. The Balaban J connectivity index is 1.92. The average Bonchev–Trinajstić information content (AvgIpc) is 2.98. The lowest BCUT2D eigenvalue weighted by molar-refractivity contribution is 0.164. The summed E-state index contributed by atoms with van der Waals surface area (Å²) < 4.78 is 5.18. The van der Waals surface area contributed by atoms with Crippen molar-refractivity contribution in [1.29, 1.82) is 0 Å². The molecule has 1 aromatic heterocycles. The number of methoxy groups -OCH3 is 1. The summed E-state index contributed by atoms with van der Waals surface area (Å²) in [7, 11) is 1.74. The van der Waals surface area contributed by atoms with Crippen molar-refractivity contribution in [2.45, 2.75) is 25.9 Å². The summed E-state index contributed by atoms with van der Waals surface area (Å²) in [6, 6.07) is 10.9. The number of hydrogen-bond donors (Lipinski definition) is 2. The van der Waals surface area contributed by atoms with Crippen molar-refractivity contribution in [1.82, 2.24) is 15.5 Å². The van der Waals surface area contributed by atoms with Gasteiger partial charge in [-0.3, -0.25) is 5.10 Å². The first-order valence-electron chi connectivity index (χ1n) is 6.64. The van der Waals surface area contributed by atoms with Gasteiger partial charge in [0.15, 0.2) is 0 Å². The van der Waals surface area contributed by atoms with Gasteiger partial charge in [0.25, 0.3) is 0 Å². The zero-order valence-electron chi connectivity index (χ0n) is 11.5. The van der Waals surface area contributed by atoms with Crippen LogP contribution in [0.15, 0.2) is 36.5 Å². The Labute approximate surface area is 114 Å². The van der Waals surface area contributed by atoms with E-state index >= 15 is 0 Å². The van der Waals surface area contributed by atoms with Crippen LogP contribution >= 0.6 is 0 Å². The van der Waals surface area contributed by atoms with Crippen molar-refractivity contribution in [2.24, 2.45) is 0 Å². The molecule has 1 unspecified atom stereocenters. The molecule has 1 aromatic carbocycles. The molecule has 0 aliphatic rings. The Bertz CT molecular complexity index is 465. The van der Waals surface area contributed by atoms with E-state index in [-0.39, 0.29) is 0 Å². The molecule has 0 spiro atoms. The maximum Gasteiger partial charge on any atom is 0.0650 e. The van der Waals surface area contributed by atoms with E-state index in [1.165, 1.54) is 5.56 Å². The molecule has 0 bridgehead atoms. The fourth-order valence-corrected chi connectivity index (χ4v) is 2.00. The second kappa shape index (κ2) is 7.07. The monoisotopic (exact) mass is 259 g/mol. The number of H-pyrrole nitrogens is 1. The summed E-state index contributed by atoms with van der Waals surface area (Å²) in [6.07, 6.45) is 2.83. The largest absolute Gasteiger partial charge is 0.383 e. The molecular weight excluding hydrogens is 238 g/mol. The number of ether oxygens (including phenoxy) is 1. The van der Waals surface area contributed by atoms with Crippen molar-refractivity contribution in [3.05, 3.63) is 42.1 Å². The maximum atomic E-state index is 5.18. The first kappa shape index (κ1) is 13.8. The quantitative estimate of drug-likeness (QED) is 0.803. The molecule has 1 heterocycles. The third-order valence-corrected chi connectivity index (χ3v) is 3.22. The first-order valence-corrected chi connectivity index (χ1v) is 6.64. The Morgan fingerprint density at radius 2 is 2.05 bits per heavy atom. The Morgan fingerprint density at radius 1 is 1.26 bits per heavy atom. The third-order valence-electron chi connectivity index (χ3n) is 3.22. The normalized spacial score (nSPS) is 12.5. The molecule has 0 aliphatic carbocycles. The topological polar surface area (TPSA) is 49.9 Å². The molecule has 0 saturated heterocycles. The molecule has 4 nitrogen and oxygen atoms in total. The minimum absolute atomic E-state index is 0.414. The fourth-order valence-electron chi connectivity index (χ4n) is 2.00. The van der Waals surface area contributed by atoms with Gasteiger partial charge in [0.2, 0.25) is 0 Å². The van der Waals surface area contributed by atoms with Gasteiger partial charge in [-0.05, 0) is 23.6 Å². The summed E-state index contributed by atoms with van der Waals surface area (Å²) in [6.45, 7) is 3.78. The molecule has 0 saturated carbocycles. The fraction of sp³-hybridized carbons (Fsp3) is 0.400. The SMILES string of the molecule is CCC(COC)NCc1ccc(-c2ccn[nH]2)cc1. The number of benzene rings is 1. The van der Waals surface area contributed by atoms with E-state index in [1.54, 1.807) is 13.3 Å². The van der Waals surface area contributed by atoms with E-state index in [9.17, 15) is 0 Å². The predicted molar refractivity (Wildman–Crippen MR) is 76.8 cm³/mol. The second-order valence-corrected chi connectivity index (χ2v) is 4.61. The predicted octanol–water partition coefficient (Wildman–Crippen LogP) is 2.59. The van der Waals surface area contributed by atoms with Gasteiger partial charge < -0.3 is 10.1 Å². The lowest BCUT2D eigenvalue weighted by Crippen LogP contribution is -2.31. The summed E-state index contributed by atoms with van der Waals surface area (Å²) in [4.78, 5) is 0. The van der Waals surface area contributed by atoms with Crippen LogP contribution in [0.5, 0.6) is 0 Å². The molecule has 0 aliphatic heterocycles. The number of aromatic nitrogens is 2. The smallest absolute Gasteiger partial charge is 0.0650 e. The lowest BCUT2D eigenvalue weighted by atomic mass is 10.1. The number of hydrogen-bond acceptors (Lipinski definition) is 3. The van der Waals surface area contributed by atoms with E-state index in [1.807, 2.05) is 6.07 Å². The van der Waals surface area contributed by atoms with Crippen LogP contribution in [0.25, 0.3) is 11.3 Å². The van der Waals surface area contributed by atoms with Crippen LogP contribution in [0, 0.1) is 0 Å². The molecule has 0 fully saturated rings. The van der Waals surface area contributed by atoms with Gasteiger partial charge in [-0.1, -0.05) is 31.2 Å². The van der Waals surface area contributed by atoms with Crippen molar-refractivity contribution in [3.8, 4) is 11.3 Å². The van der Waals surface area contributed by atoms with Gasteiger partial charge in [-0.15, -0.1) is 0 Å². The van der Waals surface area contributed by atoms with Crippen molar-refractivity contribution >= 4 is 0 Å². The van der Waals surface area contributed by atoms with Crippen LogP contribution in [0.1, 0.15) is 18.9 Å². The number of nitrogens with zero attached hydrogens (tertiary/aromatic N) is 1. The molecule has 2 rings (SSSR count). The maximum absolute atomic E-state index is 5.18. The number of nitrogens with one attached hydrogen (secondary N) is 2. The standard InChI is InChI=1S/C15H21N3O/c1-3-14(11-19-2)16-10-12-4-6-13(7-5-12)15-8-9-17-18-15/h4-9,14,16H,3,10-11H2,1-2H3,(H,17,18). The zero-order chi connectivity index (χ0) is 13.5. The second-order valence-electron chi connectivity index (χ2n) is 4.61. The number of rotatable bonds is 7. The highest BCUT2D eigenvalue weighted by molar-refractivity contribution is 5.58. The minimum Gasteiger partial charge on any atom is -0.383 e. The Kier molecular flexibility index (Phi) is 5.12. The minimum atomic E-state index is 0.414. The third kappa shape index (κ3) is 3.91. The van der Waals surface area contributed by atoms with Crippen LogP contribution in [-0.4, -0.2) is 30.0 Å². The van der Waals surface area contributed by atoms with Crippen LogP contribution in [-0.2, 0) is 11.3 Å². The first-order chi connectivity index (χ1) is 9.33. The Hall–Kier alpha value is -1.65. The highest BCUT2D eigenvalue weighted by atomic mass is 16.5. The van der Waals surface area contributed by atoms with E-state index in [2.05, 4.69) is 46.7 Å². The van der Waals surface area contributed by atoms with Crippen LogP contribution in [0.2, 0.25) is 0 Å². The van der Waals surface area contributed by atoms with Crippen molar-refractivity contribution in [2.75, 3.05) is 13.7 Å². The van der Waals surface area contributed by atoms with Gasteiger partial charge in [0, 0.05) is 25.9 Å². The van der Waals surface area contributed by atoms with E-state index in [0.29, 0.717) is 6.04 Å². The van der Waals surface area contributed by atoms with E-state index in [0.717, 1.165) is 30.8 Å². The van der Waals surface area contributed by atoms with E-state index in [4.69, 9.17) is 4.74 Å². The van der Waals surface area contributed by atoms with Gasteiger partial charge >= 0.3 is 0 Å².